The Labute approximate surface area is 198 Å². The molecule has 3 aromatic rings. The molecule has 1 amide bonds. The van der Waals surface area contributed by atoms with E-state index in [0.717, 1.165) is 34.6 Å². The van der Waals surface area contributed by atoms with Crippen LogP contribution in [0.15, 0.2) is 60.9 Å². The predicted molar refractivity (Wildman–Crippen MR) is 125 cm³/mol. The largest absolute Gasteiger partial charge is 0.416 e. The lowest BCUT2D eigenvalue weighted by atomic mass is 9.99. The Morgan fingerprint density at radius 1 is 1.18 bits per heavy atom. The number of rotatable bonds is 7. The quantitative estimate of drug-likeness (QED) is 0.501. The third-order valence-corrected chi connectivity index (χ3v) is 6.00. The number of benzene rings is 1. The molecule has 0 fully saturated rings. The summed E-state index contributed by atoms with van der Waals surface area (Å²) >= 11 is 0. The van der Waals surface area contributed by atoms with Crippen molar-refractivity contribution in [3.05, 3.63) is 94.6 Å². The van der Waals surface area contributed by atoms with Crippen LogP contribution in [0.2, 0.25) is 0 Å². The highest BCUT2D eigenvalue weighted by molar-refractivity contribution is 5.94. The van der Waals surface area contributed by atoms with Gasteiger partial charge in [0, 0.05) is 45.6 Å². The topological polar surface area (TPSA) is 58.1 Å². The summed E-state index contributed by atoms with van der Waals surface area (Å²) in [5.41, 5.74) is 3.46. The summed E-state index contributed by atoms with van der Waals surface area (Å²) in [6, 6.07) is 12.9. The highest BCUT2D eigenvalue weighted by Crippen LogP contribution is 2.39. The van der Waals surface area contributed by atoms with E-state index in [2.05, 4.69) is 34.0 Å². The lowest BCUT2D eigenvalue weighted by Gasteiger charge is -2.27. The second kappa shape index (κ2) is 9.93. The molecule has 34 heavy (non-hydrogen) atoms. The molecule has 180 valence electrons. The minimum atomic E-state index is -4.35. The van der Waals surface area contributed by atoms with Crippen LogP contribution in [-0.2, 0) is 25.7 Å². The van der Waals surface area contributed by atoms with Gasteiger partial charge in [-0.15, -0.1) is 0 Å². The molecule has 0 saturated carbocycles. The zero-order valence-electron chi connectivity index (χ0n) is 19.1. The normalized spacial score (nSPS) is 16.0. The highest BCUT2D eigenvalue weighted by atomic mass is 19.4. The van der Waals surface area contributed by atoms with Crippen molar-refractivity contribution in [1.29, 1.82) is 0 Å². The molecule has 2 aromatic heterocycles. The molecule has 0 spiro atoms. The summed E-state index contributed by atoms with van der Waals surface area (Å²) in [6.07, 6.45) is -0.377. The minimum Gasteiger partial charge on any atom is -0.352 e. The number of carbonyl (C=O) groups excluding carboxylic acids is 1. The minimum absolute atomic E-state index is 0. The Balaban J connectivity index is 0.00000342. The molecule has 1 N–H and O–H groups in total. The molecule has 0 aliphatic carbocycles. The van der Waals surface area contributed by atoms with Crippen LogP contribution in [0.1, 0.15) is 59.8 Å². The molecular formula is C26H29F3N4O. The van der Waals surface area contributed by atoms with Gasteiger partial charge in [-0.05, 0) is 47.4 Å². The van der Waals surface area contributed by atoms with Crippen LogP contribution in [0.3, 0.4) is 0 Å². The third-order valence-electron chi connectivity index (χ3n) is 6.00. The van der Waals surface area contributed by atoms with Crippen LogP contribution < -0.4 is 5.32 Å². The molecule has 4 rings (SSSR count). The SMILES string of the molecule is CC(C)[C@H]1c2ncc(C(=O)NCCc3ccccn3)cc2CN1Cc1ccc(C(F)(F)F)cc1.[HH]. The summed E-state index contributed by atoms with van der Waals surface area (Å²) in [4.78, 5) is 23.7. The number of hydrogen-bond donors (Lipinski definition) is 1. The maximum atomic E-state index is 12.9. The van der Waals surface area contributed by atoms with Crippen LogP contribution in [0.25, 0.3) is 0 Å². The van der Waals surface area contributed by atoms with E-state index in [0.29, 0.717) is 31.6 Å². The Bertz CT molecular complexity index is 1140. The number of alkyl halides is 3. The van der Waals surface area contributed by atoms with E-state index >= 15 is 0 Å². The molecular weight excluding hydrogens is 441 g/mol. The maximum absolute atomic E-state index is 12.9. The van der Waals surface area contributed by atoms with Crippen molar-refractivity contribution in [2.75, 3.05) is 6.54 Å². The summed E-state index contributed by atoms with van der Waals surface area (Å²) in [5, 5.41) is 2.92. The van der Waals surface area contributed by atoms with Gasteiger partial charge in [-0.25, -0.2) is 0 Å². The smallest absolute Gasteiger partial charge is 0.352 e. The fraction of sp³-hybridized carbons (Fsp3) is 0.346. The molecule has 0 unspecified atom stereocenters. The van der Waals surface area contributed by atoms with Gasteiger partial charge in [0.1, 0.15) is 0 Å². The van der Waals surface area contributed by atoms with Gasteiger partial charge in [0.15, 0.2) is 0 Å². The van der Waals surface area contributed by atoms with E-state index in [-0.39, 0.29) is 19.3 Å². The van der Waals surface area contributed by atoms with E-state index < -0.39 is 11.7 Å². The first kappa shape index (κ1) is 23.9. The lowest BCUT2D eigenvalue weighted by molar-refractivity contribution is -0.137. The molecule has 0 saturated heterocycles. The molecule has 1 aromatic carbocycles. The summed E-state index contributed by atoms with van der Waals surface area (Å²) in [7, 11) is 0. The fourth-order valence-electron chi connectivity index (χ4n) is 4.41. The van der Waals surface area contributed by atoms with Crippen molar-refractivity contribution >= 4 is 5.91 Å². The van der Waals surface area contributed by atoms with E-state index in [1.54, 1.807) is 12.4 Å². The molecule has 3 heterocycles. The Hall–Kier alpha value is -3.26. The van der Waals surface area contributed by atoms with Crippen LogP contribution in [0.4, 0.5) is 13.2 Å². The number of amides is 1. The average molecular weight is 471 g/mol. The molecule has 1 atom stereocenters. The summed E-state index contributed by atoms with van der Waals surface area (Å²) in [6.45, 7) is 5.75. The molecule has 5 nitrogen and oxygen atoms in total. The van der Waals surface area contributed by atoms with Gasteiger partial charge in [-0.1, -0.05) is 32.0 Å². The lowest BCUT2D eigenvalue weighted by Crippen LogP contribution is -2.26. The number of carbonyl (C=O) groups is 1. The zero-order chi connectivity index (χ0) is 24.3. The summed E-state index contributed by atoms with van der Waals surface area (Å²) < 4.78 is 38.7. The molecule has 0 bridgehead atoms. The number of pyridine rings is 2. The number of hydrogen-bond acceptors (Lipinski definition) is 4. The fourth-order valence-corrected chi connectivity index (χ4v) is 4.41. The van der Waals surface area contributed by atoms with Crippen LogP contribution >= 0.6 is 0 Å². The third kappa shape index (κ3) is 5.44. The number of nitrogens with zero attached hydrogens (tertiary/aromatic N) is 3. The number of nitrogens with one attached hydrogen (secondary N) is 1. The first-order chi connectivity index (χ1) is 16.2. The highest BCUT2D eigenvalue weighted by Gasteiger charge is 2.35. The maximum Gasteiger partial charge on any atom is 0.416 e. The zero-order valence-corrected chi connectivity index (χ0v) is 19.1. The average Bonchev–Trinajstić information content (AvgIpc) is 3.16. The summed E-state index contributed by atoms with van der Waals surface area (Å²) in [5.74, 6) is 0.0646. The van der Waals surface area contributed by atoms with E-state index in [9.17, 15) is 18.0 Å². The second-order valence-corrected chi connectivity index (χ2v) is 8.88. The van der Waals surface area contributed by atoms with Crippen molar-refractivity contribution < 1.29 is 19.4 Å². The van der Waals surface area contributed by atoms with Gasteiger partial charge >= 0.3 is 6.18 Å². The monoisotopic (exact) mass is 470 g/mol. The Morgan fingerprint density at radius 3 is 2.59 bits per heavy atom. The van der Waals surface area contributed by atoms with Crippen LogP contribution in [-0.4, -0.2) is 27.3 Å². The van der Waals surface area contributed by atoms with Crippen molar-refractivity contribution in [1.82, 2.24) is 20.2 Å². The van der Waals surface area contributed by atoms with Gasteiger partial charge in [-0.3, -0.25) is 19.7 Å². The van der Waals surface area contributed by atoms with Crippen LogP contribution in [0, 0.1) is 5.92 Å². The van der Waals surface area contributed by atoms with E-state index in [4.69, 9.17) is 0 Å². The molecule has 1 aliphatic heterocycles. The van der Waals surface area contributed by atoms with Crippen molar-refractivity contribution in [3.8, 4) is 0 Å². The van der Waals surface area contributed by atoms with Gasteiger partial charge in [0.05, 0.1) is 22.9 Å². The molecule has 0 radical (unpaired) electrons. The first-order valence-electron chi connectivity index (χ1n) is 11.3. The number of fused-ring (bicyclic) bond motifs is 1. The van der Waals surface area contributed by atoms with Gasteiger partial charge in [0.2, 0.25) is 0 Å². The van der Waals surface area contributed by atoms with Gasteiger partial charge < -0.3 is 5.32 Å². The van der Waals surface area contributed by atoms with Crippen LogP contribution in [0.5, 0.6) is 0 Å². The van der Waals surface area contributed by atoms with Gasteiger partial charge in [-0.2, -0.15) is 13.2 Å². The Morgan fingerprint density at radius 2 is 1.94 bits per heavy atom. The second-order valence-electron chi connectivity index (χ2n) is 8.88. The first-order valence-corrected chi connectivity index (χ1v) is 11.3. The number of halogens is 3. The van der Waals surface area contributed by atoms with Crippen molar-refractivity contribution in [2.45, 2.75) is 45.6 Å². The van der Waals surface area contributed by atoms with Crippen molar-refractivity contribution in [3.63, 3.8) is 0 Å². The van der Waals surface area contributed by atoms with E-state index in [1.165, 1.54) is 12.1 Å². The van der Waals surface area contributed by atoms with Crippen molar-refractivity contribution in [2.24, 2.45) is 5.92 Å². The van der Waals surface area contributed by atoms with Gasteiger partial charge in [0.25, 0.3) is 5.91 Å². The Kier molecular flexibility index (Phi) is 6.97. The molecule has 1 aliphatic rings. The van der Waals surface area contributed by atoms with E-state index in [1.807, 2.05) is 24.3 Å². The standard InChI is InChI=1S/C26H27F3N4O.H2/c1-17(2)24-23-20(16-33(24)15-18-6-8-21(9-7-18)26(27,28)29)13-19(14-32-23)25(34)31-12-10-22-5-3-4-11-30-22;/h3-9,11,13-14,17,24H,10,12,15-16H2,1-2H3,(H,31,34);1H/t24-;/m0./s1. The molecule has 8 heteroatoms. The number of aromatic nitrogens is 2. The predicted octanol–water partition coefficient (Wildman–Crippen LogP) is 5.43.